The van der Waals surface area contributed by atoms with Gasteiger partial charge in [-0.05, 0) is 115 Å². The Kier molecular flexibility index (Phi) is 6.06. The van der Waals surface area contributed by atoms with Gasteiger partial charge in [0.2, 0.25) is 10.9 Å². The molecule has 7 aromatic carbocycles. The first kappa shape index (κ1) is 31.0. The van der Waals surface area contributed by atoms with Crippen LogP contribution in [0.3, 0.4) is 0 Å². The molecule has 2 heterocycles. The van der Waals surface area contributed by atoms with Gasteiger partial charge in [0.25, 0.3) is 0 Å². The van der Waals surface area contributed by atoms with E-state index in [1.165, 1.54) is 44.5 Å². The molecule has 0 N–H and O–H groups in total. The van der Waals surface area contributed by atoms with Crippen molar-refractivity contribution in [2.45, 2.75) is 38.5 Å². The van der Waals surface area contributed by atoms with Crippen LogP contribution in [-0.2, 0) is 10.8 Å². The number of hydrogen-bond acceptors (Lipinski definition) is 4. The molecule has 9 aromatic rings. The summed E-state index contributed by atoms with van der Waals surface area (Å²) < 4.78 is 12.8. The van der Waals surface area contributed by atoms with E-state index in [0.717, 1.165) is 22.3 Å². The topological polar surface area (TPSA) is 60.4 Å². The molecule has 0 saturated heterocycles. The Hall–Kier alpha value is -6.52. The summed E-state index contributed by atoms with van der Waals surface area (Å²) in [4.78, 5) is 28.6. The fraction of sp³-hybridized carbons (Fsp3) is 0.120. The molecule has 2 aliphatic carbocycles. The maximum Gasteiger partial charge on any atom is 0.204 e. The summed E-state index contributed by atoms with van der Waals surface area (Å²) in [5, 5.41) is 1.52. The SMILES string of the molecule is CC1(C)c2ccccc2-c2cc(-c3ccc4oc5c(ccc6oc7ccc(-c8ccc9c(c8)-c8ccccc8C9(C)C)cc7c(=O)c65)c(=O)c4c3)ccc21. The zero-order valence-corrected chi connectivity index (χ0v) is 30.3. The van der Waals surface area contributed by atoms with Gasteiger partial charge in [0.05, 0.1) is 16.2 Å². The molecular weight excluding hydrogens is 665 g/mol. The van der Waals surface area contributed by atoms with Gasteiger partial charge in [-0.15, -0.1) is 0 Å². The molecule has 4 heteroatoms. The van der Waals surface area contributed by atoms with E-state index in [1.807, 2.05) is 36.4 Å². The van der Waals surface area contributed by atoms with Crippen LogP contribution in [-0.4, -0.2) is 0 Å². The minimum absolute atomic E-state index is 0.0812. The normalized spacial score (nSPS) is 14.7. The van der Waals surface area contributed by atoms with Gasteiger partial charge in [0.1, 0.15) is 22.1 Å². The molecule has 258 valence electrons. The van der Waals surface area contributed by atoms with Gasteiger partial charge in [-0.2, -0.15) is 0 Å². The highest BCUT2D eigenvalue weighted by molar-refractivity contribution is 6.08. The lowest BCUT2D eigenvalue weighted by Gasteiger charge is -2.21. The first-order valence-corrected chi connectivity index (χ1v) is 18.5. The Morgan fingerprint density at radius 3 is 1.41 bits per heavy atom. The summed E-state index contributed by atoms with van der Waals surface area (Å²) >= 11 is 0. The molecule has 0 bridgehead atoms. The highest BCUT2D eigenvalue weighted by Crippen LogP contribution is 2.51. The van der Waals surface area contributed by atoms with Gasteiger partial charge in [0, 0.05) is 10.8 Å². The lowest BCUT2D eigenvalue weighted by Crippen LogP contribution is -2.14. The molecular formula is C50H34O4. The van der Waals surface area contributed by atoms with Crippen LogP contribution < -0.4 is 10.9 Å². The summed E-state index contributed by atoms with van der Waals surface area (Å²) in [6.07, 6.45) is 0. The van der Waals surface area contributed by atoms with E-state index < -0.39 is 0 Å². The summed E-state index contributed by atoms with van der Waals surface area (Å²) in [6, 6.07) is 45.2. The lowest BCUT2D eigenvalue weighted by molar-refractivity contribution is 0.649. The Balaban J connectivity index is 1.04. The van der Waals surface area contributed by atoms with Crippen molar-refractivity contribution in [2.75, 3.05) is 0 Å². The van der Waals surface area contributed by atoms with Crippen LogP contribution in [0.15, 0.2) is 152 Å². The second-order valence-corrected chi connectivity index (χ2v) is 16.0. The molecule has 0 spiro atoms. The fourth-order valence-electron chi connectivity index (χ4n) is 9.41. The monoisotopic (exact) mass is 698 g/mol. The van der Waals surface area contributed by atoms with Crippen molar-refractivity contribution in [1.82, 2.24) is 0 Å². The molecule has 0 fully saturated rings. The molecule has 4 nitrogen and oxygen atoms in total. The summed E-state index contributed by atoms with van der Waals surface area (Å²) in [6.45, 7) is 9.07. The van der Waals surface area contributed by atoms with E-state index in [4.69, 9.17) is 8.83 Å². The number of rotatable bonds is 2. The van der Waals surface area contributed by atoms with Crippen molar-refractivity contribution in [3.05, 3.63) is 176 Å². The third-order valence-corrected chi connectivity index (χ3v) is 12.3. The van der Waals surface area contributed by atoms with Gasteiger partial charge in [-0.1, -0.05) is 113 Å². The third kappa shape index (κ3) is 4.08. The Morgan fingerprint density at radius 1 is 0.389 bits per heavy atom. The quantitative estimate of drug-likeness (QED) is 0.133. The number of fused-ring (bicyclic) bond motifs is 11. The molecule has 0 radical (unpaired) electrons. The first-order chi connectivity index (χ1) is 26.1. The Morgan fingerprint density at radius 2 is 0.833 bits per heavy atom. The molecule has 54 heavy (non-hydrogen) atoms. The predicted octanol–water partition coefficient (Wildman–Crippen LogP) is 12.2. The van der Waals surface area contributed by atoms with Gasteiger partial charge in [-0.3, -0.25) is 9.59 Å². The van der Waals surface area contributed by atoms with E-state index in [9.17, 15) is 9.59 Å². The lowest BCUT2D eigenvalue weighted by atomic mass is 9.82. The minimum atomic E-state index is -0.230. The zero-order chi connectivity index (χ0) is 36.7. The number of benzene rings is 7. The van der Waals surface area contributed by atoms with Gasteiger partial charge in [-0.25, -0.2) is 0 Å². The van der Waals surface area contributed by atoms with Crippen LogP contribution in [0.25, 0.3) is 88.4 Å². The number of hydrogen-bond donors (Lipinski definition) is 0. The van der Waals surface area contributed by atoms with Crippen molar-refractivity contribution in [1.29, 1.82) is 0 Å². The summed E-state index contributed by atoms with van der Waals surface area (Å²) in [5.74, 6) is 0. The zero-order valence-electron chi connectivity index (χ0n) is 30.3. The van der Waals surface area contributed by atoms with E-state index >= 15 is 0 Å². The molecule has 0 saturated carbocycles. The van der Waals surface area contributed by atoms with Crippen LogP contribution in [0, 0.1) is 0 Å². The van der Waals surface area contributed by atoms with Crippen molar-refractivity contribution in [3.8, 4) is 44.5 Å². The van der Waals surface area contributed by atoms with E-state index in [2.05, 4.69) is 113 Å². The summed E-state index contributed by atoms with van der Waals surface area (Å²) in [7, 11) is 0. The average molecular weight is 699 g/mol. The molecule has 0 aliphatic heterocycles. The van der Waals surface area contributed by atoms with Gasteiger partial charge in [0.15, 0.2) is 5.58 Å². The minimum Gasteiger partial charge on any atom is -0.456 e. The van der Waals surface area contributed by atoms with E-state index in [-0.39, 0.29) is 32.7 Å². The van der Waals surface area contributed by atoms with Crippen LogP contribution in [0.2, 0.25) is 0 Å². The summed E-state index contributed by atoms with van der Waals surface area (Å²) in [5.41, 5.74) is 15.0. The molecule has 0 unspecified atom stereocenters. The highest BCUT2D eigenvalue weighted by Gasteiger charge is 2.36. The van der Waals surface area contributed by atoms with Crippen LogP contribution in [0.4, 0.5) is 0 Å². The maximum absolute atomic E-state index is 14.4. The van der Waals surface area contributed by atoms with E-state index in [1.54, 1.807) is 12.1 Å². The van der Waals surface area contributed by atoms with Crippen molar-refractivity contribution in [3.63, 3.8) is 0 Å². The molecule has 2 aromatic heterocycles. The van der Waals surface area contributed by atoms with Crippen LogP contribution >= 0.6 is 0 Å². The molecule has 2 aliphatic rings. The Labute approximate surface area is 310 Å². The fourth-order valence-corrected chi connectivity index (χ4v) is 9.41. The second-order valence-electron chi connectivity index (χ2n) is 16.0. The smallest absolute Gasteiger partial charge is 0.204 e. The van der Waals surface area contributed by atoms with Gasteiger partial charge >= 0.3 is 0 Å². The van der Waals surface area contributed by atoms with Crippen LogP contribution in [0.5, 0.6) is 0 Å². The standard InChI is InChI=1S/C50H34O4/c1-49(2)38-11-7-5-9-31(38)34-23-27(13-18-40(34)49)29-16-21-43-36(25-29)46(51)33-17-22-44-45(48(33)54-43)47(52)37-26-30(15-20-42(37)53-44)28-14-19-41-35(24-28)32-10-6-8-12-39(32)50(41,3)4/h5-26H,1-4H3. The molecule has 0 amide bonds. The van der Waals surface area contributed by atoms with Gasteiger partial charge < -0.3 is 8.83 Å². The molecule has 0 atom stereocenters. The van der Waals surface area contributed by atoms with Crippen molar-refractivity contribution < 1.29 is 8.83 Å². The van der Waals surface area contributed by atoms with Crippen molar-refractivity contribution >= 4 is 43.9 Å². The highest BCUT2D eigenvalue weighted by atomic mass is 16.3. The Bertz CT molecular complexity index is 3260. The van der Waals surface area contributed by atoms with Crippen LogP contribution in [0.1, 0.15) is 49.9 Å². The maximum atomic E-state index is 14.4. The average Bonchev–Trinajstić information content (AvgIpc) is 3.56. The largest absolute Gasteiger partial charge is 0.456 e. The van der Waals surface area contributed by atoms with E-state index in [0.29, 0.717) is 32.9 Å². The first-order valence-electron chi connectivity index (χ1n) is 18.5. The predicted molar refractivity (Wildman–Crippen MR) is 220 cm³/mol. The van der Waals surface area contributed by atoms with Crippen molar-refractivity contribution in [2.24, 2.45) is 0 Å². The second kappa shape index (κ2) is 10.5. The molecule has 11 rings (SSSR count). The third-order valence-electron chi connectivity index (χ3n) is 12.3.